The number of anilines is 2. The molecule has 4 nitrogen and oxygen atoms in total. The zero-order valence-electron chi connectivity index (χ0n) is 6.42. The Morgan fingerprint density at radius 3 is 2.83 bits per heavy atom. The Bertz CT molecular complexity index is 277. The fourth-order valence-electron chi connectivity index (χ4n) is 0.910. The van der Waals surface area contributed by atoms with E-state index in [0.717, 1.165) is 4.60 Å². The number of nitrogens with one attached hydrogen (secondary N) is 1. The van der Waals surface area contributed by atoms with Gasteiger partial charge in [0, 0.05) is 12.1 Å². The van der Waals surface area contributed by atoms with Crippen LogP contribution in [0.1, 0.15) is 12.8 Å². The average molecular weight is 229 g/mol. The standard InChI is InChI=1S/C7H9BrN4/c8-5-3-6(9)12-7(11-5)10-4-1-2-4/h3-4H,1-2H2,(H3,9,10,11,12). The summed E-state index contributed by atoms with van der Waals surface area (Å²) in [4.78, 5) is 8.17. The molecule has 0 atom stereocenters. The summed E-state index contributed by atoms with van der Waals surface area (Å²) < 4.78 is 0.721. The molecule has 0 radical (unpaired) electrons. The normalized spacial score (nSPS) is 16.1. The Balaban J connectivity index is 2.18. The van der Waals surface area contributed by atoms with E-state index in [4.69, 9.17) is 5.73 Å². The van der Waals surface area contributed by atoms with Crippen molar-refractivity contribution < 1.29 is 0 Å². The number of rotatable bonds is 2. The van der Waals surface area contributed by atoms with Gasteiger partial charge >= 0.3 is 0 Å². The molecule has 0 aromatic carbocycles. The van der Waals surface area contributed by atoms with Crippen LogP contribution in [0.4, 0.5) is 11.8 Å². The quantitative estimate of drug-likeness (QED) is 0.752. The van der Waals surface area contributed by atoms with Crippen molar-refractivity contribution in [3.8, 4) is 0 Å². The van der Waals surface area contributed by atoms with Crippen molar-refractivity contribution in [1.29, 1.82) is 0 Å². The highest BCUT2D eigenvalue weighted by Crippen LogP contribution is 2.23. The Hall–Kier alpha value is -0.840. The van der Waals surface area contributed by atoms with Gasteiger partial charge in [0.2, 0.25) is 5.95 Å². The van der Waals surface area contributed by atoms with E-state index in [1.165, 1.54) is 12.8 Å². The van der Waals surface area contributed by atoms with Gasteiger partial charge in [0.25, 0.3) is 0 Å². The molecule has 0 unspecified atom stereocenters. The molecule has 64 valence electrons. The number of halogens is 1. The molecule has 0 bridgehead atoms. The maximum absolute atomic E-state index is 5.53. The molecule has 1 aromatic rings. The van der Waals surface area contributed by atoms with Crippen LogP contribution in [0.2, 0.25) is 0 Å². The predicted molar refractivity (Wildman–Crippen MR) is 50.8 cm³/mol. The van der Waals surface area contributed by atoms with Gasteiger partial charge in [0.05, 0.1) is 0 Å². The number of nitrogen functional groups attached to an aromatic ring is 1. The van der Waals surface area contributed by atoms with Gasteiger partial charge < -0.3 is 11.1 Å². The summed E-state index contributed by atoms with van der Waals surface area (Å²) in [5.74, 6) is 1.10. The van der Waals surface area contributed by atoms with Crippen LogP contribution < -0.4 is 11.1 Å². The smallest absolute Gasteiger partial charge is 0.225 e. The largest absolute Gasteiger partial charge is 0.383 e. The molecule has 1 fully saturated rings. The van der Waals surface area contributed by atoms with Crippen LogP contribution in [0.3, 0.4) is 0 Å². The molecule has 0 aliphatic heterocycles. The summed E-state index contributed by atoms with van der Waals surface area (Å²) in [5.41, 5.74) is 5.53. The molecule has 3 N–H and O–H groups in total. The SMILES string of the molecule is Nc1cc(Br)nc(NC2CC2)n1. The molecule has 5 heteroatoms. The van der Waals surface area contributed by atoms with Gasteiger partial charge in [0.1, 0.15) is 10.4 Å². The van der Waals surface area contributed by atoms with Gasteiger partial charge in [-0.1, -0.05) is 0 Å². The van der Waals surface area contributed by atoms with Crippen LogP contribution in [0.15, 0.2) is 10.7 Å². The summed E-state index contributed by atoms with van der Waals surface area (Å²) >= 11 is 3.25. The van der Waals surface area contributed by atoms with E-state index < -0.39 is 0 Å². The minimum atomic E-state index is 0.486. The molecule has 0 saturated heterocycles. The first-order valence-corrected chi connectivity index (χ1v) is 4.60. The Morgan fingerprint density at radius 2 is 2.25 bits per heavy atom. The maximum Gasteiger partial charge on any atom is 0.225 e. The Kier molecular flexibility index (Phi) is 1.88. The van der Waals surface area contributed by atoms with E-state index in [1.54, 1.807) is 6.07 Å². The summed E-state index contributed by atoms with van der Waals surface area (Å²) in [7, 11) is 0. The zero-order chi connectivity index (χ0) is 8.55. The predicted octanol–water partition coefficient (Wildman–Crippen LogP) is 1.40. The first-order chi connectivity index (χ1) is 5.74. The van der Waals surface area contributed by atoms with Gasteiger partial charge in [-0.05, 0) is 28.8 Å². The number of nitrogens with two attached hydrogens (primary N) is 1. The van der Waals surface area contributed by atoms with E-state index in [2.05, 4.69) is 31.2 Å². The highest BCUT2D eigenvalue weighted by molar-refractivity contribution is 9.10. The van der Waals surface area contributed by atoms with Crippen molar-refractivity contribution in [2.24, 2.45) is 0 Å². The summed E-state index contributed by atoms with van der Waals surface area (Å²) in [5, 5.41) is 3.17. The number of hydrogen-bond acceptors (Lipinski definition) is 4. The lowest BCUT2D eigenvalue weighted by Gasteiger charge is -2.02. The molecular formula is C7H9BrN4. The molecule has 0 amide bonds. The second-order valence-corrected chi connectivity index (χ2v) is 3.67. The highest BCUT2D eigenvalue weighted by atomic mass is 79.9. The number of aromatic nitrogens is 2. The van der Waals surface area contributed by atoms with Gasteiger partial charge in [-0.15, -0.1) is 0 Å². The van der Waals surface area contributed by atoms with Crippen LogP contribution in [0.25, 0.3) is 0 Å². The van der Waals surface area contributed by atoms with Gasteiger partial charge in [-0.2, -0.15) is 4.98 Å². The topological polar surface area (TPSA) is 63.8 Å². The van der Waals surface area contributed by atoms with Crippen LogP contribution in [0, 0.1) is 0 Å². The van der Waals surface area contributed by atoms with Crippen molar-refractivity contribution in [3.63, 3.8) is 0 Å². The minimum absolute atomic E-state index is 0.486. The van der Waals surface area contributed by atoms with Crippen LogP contribution in [-0.2, 0) is 0 Å². The third-order valence-electron chi connectivity index (χ3n) is 1.63. The first-order valence-electron chi connectivity index (χ1n) is 3.80. The van der Waals surface area contributed by atoms with Crippen LogP contribution in [-0.4, -0.2) is 16.0 Å². The third-order valence-corrected chi connectivity index (χ3v) is 2.03. The summed E-state index contributed by atoms with van der Waals surface area (Å²) in [6, 6.07) is 2.23. The fourth-order valence-corrected chi connectivity index (χ4v) is 1.31. The molecule has 1 aromatic heterocycles. The summed E-state index contributed by atoms with van der Waals surface area (Å²) in [6.45, 7) is 0. The molecular weight excluding hydrogens is 220 g/mol. The fraction of sp³-hybridized carbons (Fsp3) is 0.429. The molecule has 2 rings (SSSR count). The minimum Gasteiger partial charge on any atom is -0.383 e. The molecule has 1 aliphatic rings. The van der Waals surface area contributed by atoms with Crippen molar-refractivity contribution in [2.75, 3.05) is 11.1 Å². The number of hydrogen-bond donors (Lipinski definition) is 2. The lowest BCUT2D eigenvalue weighted by molar-refractivity contribution is 1.05. The van der Waals surface area contributed by atoms with Gasteiger partial charge in [-0.25, -0.2) is 4.98 Å². The highest BCUT2D eigenvalue weighted by Gasteiger charge is 2.21. The molecule has 0 spiro atoms. The van der Waals surface area contributed by atoms with E-state index in [-0.39, 0.29) is 0 Å². The van der Waals surface area contributed by atoms with Gasteiger partial charge in [0.15, 0.2) is 0 Å². The Labute approximate surface area is 78.7 Å². The van der Waals surface area contributed by atoms with Crippen molar-refractivity contribution in [1.82, 2.24) is 9.97 Å². The van der Waals surface area contributed by atoms with E-state index in [0.29, 0.717) is 17.8 Å². The molecule has 1 heterocycles. The average Bonchev–Trinajstić information content (AvgIpc) is 2.68. The zero-order valence-corrected chi connectivity index (χ0v) is 8.00. The second kappa shape index (κ2) is 2.90. The van der Waals surface area contributed by atoms with Crippen molar-refractivity contribution in [2.45, 2.75) is 18.9 Å². The maximum atomic E-state index is 5.53. The van der Waals surface area contributed by atoms with Crippen molar-refractivity contribution >= 4 is 27.7 Å². The monoisotopic (exact) mass is 228 g/mol. The second-order valence-electron chi connectivity index (χ2n) is 2.86. The third kappa shape index (κ3) is 1.85. The van der Waals surface area contributed by atoms with E-state index in [9.17, 15) is 0 Å². The lowest BCUT2D eigenvalue weighted by atomic mass is 10.6. The van der Waals surface area contributed by atoms with E-state index >= 15 is 0 Å². The molecule has 12 heavy (non-hydrogen) atoms. The lowest BCUT2D eigenvalue weighted by Crippen LogP contribution is -2.06. The van der Waals surface area contributed by atoms with Gasteiger partial charge in [-0.3, -0.25) is 0 Å². The Morgan fingerprint density at radius 1 is 1.50 bits per heavy atom. The van der Waals surface area contributed by atoms with Crippen LogP contribution >= 0.6 is 15.9 Å². The molecule has 1 aliphatic carbocycles. The first kappa shape index (κ1) is 7.79. The van der Waals surface area contributed by atoms with Crippen LogP contribution in [0.5, 0.6) is 0 Å². The molecule has 1 saturated carbocycles. The van der Waals surface area contributed by atoms with Crippen molar-refractivity contribution in [3.05, 3.63) is 10.7 Å². The number of nitrogens with zero attached hydrogens (tertiary/aromatic N) is 2. The summed E-state index contributed by atoms with van der Waals surface area (Å²) in [6.07, 6.45) is 2.41. The van der Waals surface area contributed by atoms with E-state index in [1.807, 2.05) is 0 Å².